The lowest BCUT2D eigenvalue weighted by Gasteiger charge is -2.29. The fraction of sp³-hybridized carbons (Fsp3) is 0.294. The van der Waals surface area contributed by atoms with Crippen LogP contribution in [-0.4, -0.2) is 14.2 Å². The average molecular weight is 301 g/mol. The minimum absolute atomic E-state index is 0.0833. The van der Waals surface area contributed by atoms with Crippen LogP contribution < -0.4 is 5.32 Å². The van der Waals surface area contributed by atoms with Gasteiger partial charge in [-0.2, -0.15) is 0 Å². The summed E-state index contributed by atoms with van der Waals surface area (Å²) in [5.41, 5.74) is 2.11. The van der Waals surface area contributed by atoms with Crippen LogP contribution in [0.1, 0.15) is 36.6 Å². The van der Waals surface area contributed by atoms with Crippen molar-refractivity contribution >= 4 is 9.84 Å². The Bertz CT molecular complexity index is 725. The van der Waals surface area contributed by atoms with Crippen LogP contribution >= 0.6 is 0 Å². The summed E-state index contributed by atoms with van der Waals surface area (Å²) in [7, 11) is -3.12. The second-order valence-corrected chi connectivity index (χ2v) is 7.57. The normalized spacial score (nSPS) is 21.5. The average Bonchev–Trinajstić information content (AvgIpc) is 2.51. The third-order valence-corrected chi connectivity index (χ3v) is 5.87. The van der Waals surface area contributed by atoms with Gasteiger partial charge in [0, 0.05) is 12.1 Å². The Morgan fingerprint density at radius 1 is 1.05 bits per heavy atom. The minimum Gasteiger partial charge on any atom is -0.303 e. The maximum atomic E-state index is 12.1. The van der Waals surface area contributed by atoms with Crippen molar-refractivity contribution in [2.24, 2.45) is 0 Å². The Labute approximate surface area is 125 Å². The van der Waals surface area contributed by atoms with Crippen molar-refractivity contribution in [3.8, 4) is 0 Å². The zero-order valence-corrected chi connectivity index (χ0v) is 12.8. The Morgan fingerprint density at radius 2 is 1.71 bits per heavy atom. The largest absolute Gasteiger partial charge is 0.303 e. The molecule has 3 rings (SSSR count). The van der Waals surface area contributed by atoms with E-state index >= 15 is 0 Å². The van der Waals surface area contributed by atoms with E-state index in [9.17, 15) is 8.42 Å². The molecule has 0 saturated heterocycles. The minimum atomic E-state index is -3.12. The first-order valence-electron chi connectivity index (χ1n) is 7.20. The lowest BCUT2D eigenvalue weighted by molar-refractivity contribution is 0.441. The van der Waals surface area contributed by atoms with E-state index in [-0.39, 0.29) is 17.8 Å². The summed E-state index contributed by atoms with van der Waals surface area (Å²) in [5.74, 6) is 0.211. The molecule has 0 amide bonds. The third-order valence-electron chi connectivity index (χ3n) is 4.06. The summed E-state index contributed by atoms with van der Waals surface area (Å²) in [6.07, 6.45) is 0.622. The van der Waals surface area contributed by atoms with Gasteiger partial charge in [-0.3, -0.25) is 0 Å². The van der Waals surface area contributed by atoms with Crippen LogP contribution in [0.5, 0.6) is 0 Å². The van der Waals surface area contributed by atoms with Gasteiger partial charge in [0.2, 0.25) is 0 Å². The van der Waals surface area contributed by atoms with E-state index in [4.69, 9.17) is 0 Å². The molecule has 0 saturated carbocycles. The van der Waals surface area contributed by atoms with Gasteiger partial charge in [-0.05, 0) is 30.5 Å². The van der Waals surface area contributed by atoms with E-state index < -0.39 is 9.84 Å². The Hall–Kier alpha value is -1.65. The van der Waals surface area contributed by atoms with Gasteiger partial charge in [-0.1, -0.05) is 48.5 Å². The molecule has 4 heteroatoms. The van der Waals surface area contributed by atoms with Crippen molar-refractivity contribution < 1.29 is 8.42 Å². The van der Waals surface area contributed by atoms with Gasteiger partial charge in [0.15, 0.2) is 9.84 Å². The monoisotopic (exact) mass is 301 g/mol. The Balaban J connectivity index is 1.88. The molecular formula is C17H19NO2S. The van der Waals surface area contributed by atoms with E-state index in [1.807, 2.05) is 30.3 Å². The molecule has 0 aliphatic carbocycles. The van der Waals surface area contributed by atoms with Crippen molar-refractivity contribution in [3.63, 3.8) is 0 Å². The predicted octanol–water partition coefficient (Wildman–Crippen LogP) is 3.26. The zero-order chi connectivity index (χ0) is 14.9. The molecule has 2 atom stereocenters. The first-order valence-corrected chi connectivity index (χ1v) is 8.86. The standard InChI is InChI=1S/C17H19NO2S/c1-13(14-7-3-2-4-8-14)18-16-11-12-21(19,20)17-10-6-5-9-15(16)17/h2-10,13,16,18H,11-12H2,1H3. The van der Waals surface area contributed by atoms with Crippen molar-refractivity contribution in [1.82, 2.24) is 5.32 Å². The van der Waals surface area contributed by atoms with E-state index in [0.29, 0.717) is 11.3 Å². The molecule has 0 aromatic heterocycles. The smallest absolute Gasteiger partial charge is 0.178 e. The molecule has 2 unspecified atom stereocenters. The number of rotatable bonds is 3. The second-order valence-electron chi connectivity index (χ2n) is 5.50. The summed E-state index contributed by atoms with van der Waals surface area (Å²) in [5, 5.41) is 3.56. The summed E-state index contributed by atoms with van der Waals surface area (Å²) >= 11 is 0. The number of sulfone groups is 1. The van der Waals surface area contributed by atoms with Gasteiger partial charge in [0.05, 0.1) is 10.6 Å². The zero-order valence-electron chi connectivity index (χ0n) is 12.0. The molecule has 0 spiro atoms. The fourth-order valence-electron chi connectivity index (χ4n) is 2.90. The molecule has 0 fully saturated rings. The maximum Gasteiger partial charge on any atom is 0.178 e. The van der Waals surface area contributed by atoms with E-state index in [2.05, 4.69) is 24.4 Å². The van der Waals surface area contributed by atoms with Crippen molar-refractivity contribution in [2.45, 2.75) is 30.3 Å². The molecule has 2 aromatic rings. The molecule has 1 N–H and O–H groups in total. The van der Waals surface area contributed by atoms with Crippen LogP contribution in [0.4, 0.5) is 0 Å². The number of hydrogen-bond acceptors (Lipinski definition) is 3. The highest BCUT2D eigenvalue weighted by Crippen LogP contribution is 2.33. The van der Waals surface area contributed by atoms with Crippen LogP contribution in [0.2, 0.25) is 0 Å². The number of fused-ring (bicyclic) bond motifs is 1. The van der Waals surface area contributed by atoms with Gasteiger partial charge < -0.3 is 5.32 Å². The first kappa shape index (κ1) is 14.3. The predicted molar refractivity (Wildman–Crippen MR) is 83.8 cm³/mol. The topological polar surface area (TPSA) is 46.2 Å². The third kappa shape index (κ3) is 2.87. The Kier molecular flexibility index (Phi) is 3.83. The lowest BCUT2D eigenvalue weighted by atomic mass is 10.0. The molecule has 2 aromatic carbocycles. The highest BCUT2D eigenvalue weighted by Gasteiger charge is 2.30. The van der Waals surface area contributed by atoms with Crippen molar-refractivity contribution in [2.75, 3.05) is 5.75 Å². The summed E-state index contributed by atoms with van der Waals surface area (Å²) < 4.78 is 24.3. The Morgan fingerprint density at radius 3 is 2.48 bits per heavy atom. The molecule has 0 bridgehead atoms. The highest BCUT2D eigenvalue weighted by atomic mass is 32.2. The van der Waals surface area contributed by atoms with Gasteiger partial charge in [0.25, 0.3) is 0 Å². The molecule has 1 aliphatic rings. The molecule has 21 heavy (non-hydrogen) atoms. The van der Waals surface area contributed by atoms with E-state index in [1.54, 1.807) is 12.1 Å². The van der Waals surface area contributed by atoms with Crippen LogP contribution in [-0.2, 0) is 9.84 Å². The number of hydrogen-bond donors (Lipinski definition) is 1. The van der Waals surface area contributed by atoms with Gasteiger partial charge >= 0.3 is 0 Å². The summed E-state index contributed by atoms with van der Waals surface area (Å²) in [4.78, 5) is 0.481. The SMILES string of the molecule is CC(NC1CCS(=O)(=O)c2ccccc21)c1ccccc1. The van der Waals surface area contributed by atoms with E-state index in [1.165, 1.54) is 5.56 Å². The first-order chi connectivity index (χ1) is 10.1. The number of benzene rings is 2. The number of nitrogens with one attached hydrogen (secondary N) is 1. The van der Waals surface area contributed by atoms with Crippen LogP contribution in [0.25, 0.3) is 0 Å². The molecule has 1 heterocycles. The highest BCUT2D eigenvalue weighted by molar-refractivity contribution is 7.91. The van der Waals surface area contributed by atoms with Crippen LogP contribution in [0.15, 0.2) is 59.5 Å². The molecule has 3 nitrogen and oxygen atoms in total. The molecular weight excluding hydrogens is 282 g/mol. The quantitative estimate of drug-likeness (QED) is 0.946. The van der Waals surface area contributed by atoms with Crippen LogP contribution in [0, 0.1) is 0 Å². The van der Waals surface area contributed by atoms with Gasteiger partial charge in [-0.15, -0.1) is 0 Å². The molecule has 1 aliphatic heterocycles. The maximum absolute atomic E-state index is 12.1. The van der Waals surface area contributed by atoms with E-state index in [0.717, 1.165) is 5.56 Å². The lowest BCUT2D eigenvalue weighted by Crippen LogP contribution is -2.31. The van der Waals surface area contributed by atoms with Crippen molar-refractivity contribution in [1.29, 1.82) is 0 Å². The fourth-order valence-corrected chi connectivity index (χ4v) is 4.52. The second kappa shape index (κ2) is 5.62. The summed E-state index contributed by atoms with van der Waals surface area (Å²) in [6.45, 7) is 2.11. The van der Waals surface area contributed by atoms with Crippen molar-refractivity contribution in [3.05, 3.63) is 65.7 Å². The molecule has 0 radical (unpaired) electrons. The van der Waals surface area contributed by atoms with Gasteiger partial charge in [0.1, 0.15) is 0 Å². The molecule has 110 valence electrons. The summed E-state index contributed by atoms with van der Waals surface area (Å²) in [6, 6.07) is 17.8. The van der Waals surface area contributed by atoms with Gasteiger partial charge in [-0.25, -0.2) is 8.42 Å². The van der Waals surface area contributed by atoms with Crippen LogP contribution in [0.3, 0.4) is 0 Å².